The fourth-order valence-corrected chi connectivity index (χ4v) is 5.39. The van der Waals surface area contributed by atoms with Gasteiger partial charge in [0.15, 0.2) is 0 Å². The summed E-state index contributed by atoms with van der Waals surface area (Å²) in [7, 11) is 0. The molecule has 1 saturated carbocycles. The maximum absolute atomic E-state index is 12.6. The lowest BCUT2D eigenvalue weighted by Crippen LogP contribution is -2.58. The first-order valence-corrected chi connectivity index (χ1v) is 10.9. The smallest absolute Gasteiger partial charge is 0.220 e. The summed E-state index contributed by atoms with van der Waals surface area (Å²) < 4.78 is 0. The molecule has 0 spiro atoms. The number of nitrogens with one attached hydrogen (secondary N) is 2. The lowest BCUT2D eigenvalue weighted by atomic mass is 9.79. The number of likely N-dealkylation sites (tertiary alicyclic amines) is 1. The number of nitrogens with zero attached hydrogens (tertiary/aromatic N) is 1. The Bertz CT molecular complexity index is 407. The molecule has 0 aromatic heterocycles. The van der Waals surface area contributed by atoms with Gasteiger partial charge in [-0.25, -0.2) is 0 Å². The Morgan fingerprint density at radius 1 is 1.08 bits per heavy atom. The first kappa shape index (κ1) is 19.2. The maximum atomic E-state index is 12.6. The molecule has 1 aliphatic carbocycles. The second kappa shape index (κ2) is 9.36. The first-order chi connectivity index (χ1) is 12.2. The van der Waals surface area contributed by atoms with Crippen LogP contribution in [0.25, 0.3) is 0 Å². The van der Waals surface area contributed by atoms with Gasteiger partial charge in [0.05, 0.1) is 0 Å². The normalized spacial score (nSPS) is 26.9. The van der Waals surface area contributed by atoms with Gasteiger partial charge in [-0.15, -0.1) is 0 Å². The van der Waals surface area contributed by atoms with Crippen LogP contribution in [0.4, 0.5) is 0 Å². The summed E-state index contributed by atoms with van der Waals surface area (Å²) in [6.45, 7) is 7.87. The number of hydrogen-bond acceptors (Lipinski definition) is 3. The van der Waals surface area contributed by atoms with Gasteiger partial charge in [-0.3, -0.25) is 9.69 Å². The third-order valence-electron chi connectivity index (χ3n) is 7.12. The van der Waals surface area contributed by atoms with Gasteiger partial charge in [0.1, 0.15) is 0 Å². The Morgan fingerprint density at radius 2 is 1.72 bits per heavy atom. The van der Waals surface area contributed by atoms with Gasteiger partial charge in [-0.2, -0.15) is 0 Å². The highest BCUT2D eigenvalue weighted by Crippen LogP contribution is 2.35. The minimum Gasteiger partial charge on any atom is -0.354 e. The third-order valence-corrected chi connectivity index (χ3v) is 7.12. The summed E-state index contributed by atoms with van der Waals surface area (Å²) in [5.41, 5.74) is 0.256. The first-order valence-electron chi connectivity index (χ1n) is 10.9. The summed E-state index contributed by atoms with van der Waals surface area (Å²) in [4.78, 5) is 15.3. The molecule has 0 aromatic rings. The van der Waals surface area contributed by atoms with E-state index in [0.29, 0.717) is 12.3 Å². The van der Waals surface area contributed by atoms with E-state index in [0.717, 1.165) is 25.6 Å². The zero-order valence-electron chi connectivity index (χ0n) is 16.3. The van der Waals surface area contributed by atoms with E-state index in [4.69, 9.17) is 0 Å². The van der Waals surface area contributed by atoms with Crippen LogP contribution in [0.5, 0.6) is 0 Å². The lowest BCUT2D eigenvalue weighted by Gasteiger charge is -2.48. The molecule has 2 heterocycles. The largest absolute Gasteiger partial charge is 0.354 e. The molecule has 2 aliphatic heterocycles. The minimum atomic E-state index is 0.256. The van der Waals surface area contributed by atoms with Crippen LogP contribution in [0.2, 0.25) is 0 Å². The van der Waals surface area contributed by atoms with Crippen LogP contribution in [0, 0.1) is 11.8 Å². The van der Waals surface area contributed by atoms with Crippen LogP contribution >= 0.6 is 0 Å². The second-order valence-electron chi connectivity index (χ2n) is 8.88. The number of carbonyl (C=O) groups excluding carboxylic acids is 1. The van der Waals surface area contributed by atoms with Crippen LogP contribution in [0.15, 0.2) is 0 Å². The van der Waals surface area contributed by atoms with Gasteiger partial charge < -0.3 is 10.6 Å². The van der Waals surface area contributed by atoms with Crippen LogP contribution in [-0.2, 0) is 4.79 Å². The van der Waals surface area contributed by atoms with E-state index >= 15 is 0 Å². The molecule has 3 fully saturated rings. The highest BCUT2D eigenvalue weighted by Gasteiger charge is 2.38. The van der Waals surface area contributed by atoms with E-state index < -0.39 is 0 Å². The Morgan fingerprint density at radius 3 is 2.40 bits per heavy atom. The van der Waals surface area contributed by atoms with E-state index in [-0.39, 0.29) is 11.4 Å². The van der Waals surface area contributed by atoms with Gasteiger partial charge in [0.2, 0.25) is 5.91 Å². The molecular weight excluding hydrogens is 310 g/mol. The zero-order valence-corrected chi connectivity index (χ0v) is 16.3. The average Bonchev–Trinajstić information content (AvgIpc) is 2.68. The monoisotopic (exact) mass is 349 g/mol. The maximum Gasteiger partial charge on any atom is 0.220 e. The van der Waals surface area contributed by atoms with Crippen molar-refractivity contribution in [3.05, 3.63) is 0 Å². The molecule has 4 heteroatoms. The van der Waals surface area contributed by atoms with Crippen molar-refractivity contribution in [2.24, 2.45) is 11.8 Å². The van der Waals surface area contributed by atoms with E-state index in [2.05, 4.69) is 22.5 Å². The van der Waals surface area contributed by atoms with Gasteiger partial charge in [0.25, 0.3) is 0 Å². The molecule has 25 heavy (non-hydrogen) atoms. The summed E-state index contributed by atoms with van der Waals surface area (Å²) in [6.07, 6.45) is 13.8. The highest BCUT2D eigenvalue weighted by atomic mass is 16.1. The SMILES string of the molecule is CC(CC(=O)NCC1(N2CCCCC2)CCCCC1)C1CCNCC1. The minimum absolute atomic E-state index is 0.256. The molecule has 0 bridgehead atoms. The molecule has 1 amide bonds. The van der Waals surface area contributed by atoms with Crippen molar-refractivity contribution in [2.45, 2.75) is 83.1 Å². The average molecular weight is 350 g/mol. The van der Waals surface area contributed by atoms with Gasteiger partial charge in [-0.05, 0) is 76.5 Å². The van der Waals surface area contributed by atoms with Crippen molar-refractivity contribution < 1.29 is 4.79 Å². The Hall–Kier alpha value is -0.610. The summed E-state index contributed by atoms with van der Waals surface area (Å²) in [5, 5.41) is 6.79. The molecule has 0 radical (unpaired) electrons. The zero-order chi connectivity index (χ0) is 17.5. The molecule has 2 saturated heterocycles. The Kier molecular flexibility index (Phi) is 7.18. The van der Waals surface area contributed by atoms with Gasteiger partial charge in [0, 0.05) is 18.5 Å². The second-order valence-corrected chi connectivity index (χ2v) is 8.88. The lowest BCUT2D eigenvalue weighted by molar-refractivity contribution is -0.123. The van der Waals surface area contributed by atoms with Crippen LogP contribution in [-0.4, -0.2) is 49.1 Å². The molecule has 1 atom stereocenters. The summed E-state index contributed by atoms with van der Waals surface area (Å²) in [5.74, 6) is 1.52. The molecule has 4 nitrogen and oxygen atoms in total. The van der Waals surface area contributed by atoms with Crippen LogP contribution in [0.3, 0.4) is 0 Å². The van der Waals surface area contributed by atoms with Crippen molar-refractivity contribution in [3.8, 4) is 0 Å². The van der Waals surface area contributed by atoms with E-state index in [9.17, 15) is 4.79 Å². The Balaban J connectivity index is 1.50. The number of hydrogen-bond donors (Lipinski definition) is 2. The van der Waals surface area contributed by atoms with E-state index in [1.54, 1.807) is 0 Å². The van der Waals surface area contributed by atoms with Crippen LogP contribution in [0.1, 0.15) is 77.6 Å². The molecule has 1 unspecified atom stereocenters. The van der Waals surface area contributed by atoms with E-state index in [1.165, 1.54) is 77.3 Å². The summed E-state index contributed by atoms with van der Waals surface area (Å²) >= 11 is 0. The molecule has 0 aromatic carbocycles. The summed E-state index contributed by atoms with van der Waals surface area (Å²) in [6, 6.07) is 0. The topological polar surface area (TPSA) is 44.4 Å². The predicted octanol–water partition coefficient (Wildman–Crippen LogP) is 3.32. The molecule has 3 aliphatic rings. The number of piperidine rings is 2. The fraction of sp³-hybridized carbons (Fsp3) is 0.952. The molecule has 2 N–H and O–H groups in total. The standard InChI is InChI=1S/C21H39N3O/c1-18(19-8-12-22-13-9-19)16-20(25)23-17-21(10-4-2-5-11-21)24-14-6-3-7-15-24/h18-19,22H,2-17H2,1H3,(H,23,25). The van der Waals surface area contributed by atoms with Crippen molar-refractivity contribution in [1.29, 1.82) is 0 Å². The van der Waals surface area contributed by atoms with E-state index in [1.807, 2.05) is 0 Å². The van der Waals surface area contributed by atoms with Gasteiger partial charge >= 0.3 is 0 Å². The highest BCUT2D eigenvalue weighted by molar-refractivity contribution is 5.76. The predicted molar refractivity (Wildman–Crippen MR) is 104 cm³/mol. The van der Waals surface area contributed by atoms with Crippen molar-refractivity contribution in [1.82, 2.24) is 15.5 Å². The van der Waals surface area contributed by atoms with Crippen LogP contribution < -0.4 is 10.6 Å². The quantitative estimate of drug-likeness (QED) is 0.773. The van der Waals surface area contributed by atoms with Crippen molar-refractivity contribution in [2.75, 3.05) is 32.7 Å². The third kappa shape index (κ3) is 5.19. The van der Waals surface area contributed by atoms with Gasteiger partial charge in [-0.1, -0.05) is 32.6 Å². The van der Waals surface area contributed by atoms with Crippen molar-refractivity contribution in [3.63, 3.8) is 0 Å². The number of carbonyl (C=O) groups is 1. The Labute approximate surface area is 154 Å². The molecule has 3 rings (SSSR count). The molecule has 144 valence electrons. The number of rotatable bonds is 6. The molecular formula is C21H39N3O. The fourth-order valence-electron chi connectivity index (χ4n) is 5.39. The number of amides is 1. The van der Waals surface area contributed by atoms with Crippen molar-refractivity contribution >= 4 is 5.91 Å².